The molecule has 0 saturated heterocycles. The van der Waals surface area contributed by atoms with Crippen LogP contribution in [0.2, 0.25) is 0 Å². The van der Waals surface area contributed by atoms with Crippen molar-refractivity contribution in [3.05, 3.63) is 29.8 Å². The van der Waals surface area contributed by atoms with E-state index in [9.17, 15) is 13.2 Å². The zero-order valence-electron chi connectivity index (χ0n) is 11.9. The molecule has 1 N–H and O–H groups in total. The Bertz CT molecular complexity index is 566. The third-order valence-electron chi connectivity index (χ3n) is 2.76. The first kappa shape index (κ1) is 16.6. The molecule has 1 aromatic rings. The normalized spacial score (nSPS) is 13.2. The molecule has 0 fully saturated rings. The minimum Gasteiger partial charge on any atom is -0.354 e. The van der Waals surface area contributed by atoms with Crippen LogP contribution in [0, 0.1) is 0 Å². The number of methoxy groups -OCH3 is 2. The third-order valence-corrected chi connectivity index (χ3v) is 3.87. The van der Waals surface area contributed by atoms with E-state index in [-0.39, 0.29) is 22.4 Å². The first-order valence-corrected chi connectivity index (χ1v) is 7.85. The lowest BCUT2D eigenvalue weighted by molar-refractivity contribution is -0.117. The van der Waals surface area contributed by atoms with Gasteiger partial charge in [0.1, 0.15) is 0 Å². The third kappa shape index (κ3) is 4.29. The summed E-state index contributed by atoms with van der Waals surface area (Å²) >= 11 is 0. The van der Waals surface area contributed by atoms with E-state index >= 15 is 0 Å². The molecule has 6 nitrogen and oxygen atoms in total. The maximum atomic E-state index is 12.1. The average molecular weight is 301 g/mol. The summed E-state index contributed by atoms with van der Waals surface area (Å²) in [6.45, 7) is 1.73. The Labute approximate surface area is 119 Å². The lowest BCUT2D eigenvalue weighted by Crippen LogP contribution is -2.42. The van der Waals surface area contributed by atoms with Gasteiger partial charge in [-0.25, -0.2) is 8.42 Å². The molecular formula is C13H19NO5S. The van der Waals surface area contributed by atoms with Gasteiger partial charge in [0.2, 0.25) is 0 Å². The Hall–Kier alpha value is -1.44. The number of nitrogens with one attached hydrogen (secondary N) is 1. The molecule has 0 spiro atoms. The maximum Gasteiger partial charge on any atom is 0.251 e. The topological polar surface area (TPSA) is 81.7 Å². The Morgan fingerprint density at radius 2 is 1.85 bits per heavy atom. The number of carbonyl (C=O) groups excluding carboxylic acids is 1. The average Bonchev–Trinajstić information content (AvgIpc) is 2.39. The summed E-state index contributed by atoms with van der Waals surface area (Å²) in [5.41, 5.74) is 0.269. The molecule has 7 heteroatoms. The van der Waals surface area contributed by atoms with E-state index in [4.69, 9.17) is 9.47 Å². The SMILES string of the molecule is COC(OC)C(C)NC(=O)c1cccc(S(C)(=O)=O)c1. The molecule has 20 heavy (non-hydrogen) atoms. The van der Waals surface area contributed by atoms with Crippen molar-refractivity contribution in [1.82, 2.24) is 5.32 Å². The van der Waals surface area contributed by atoms with Gasteiger partial charge in [-0.2, -0.15) is 0 Å². The van der Waals surface area contributed by atoms with Crippen molar-refractivity contribution >= 4 is 15.7 Å². The van der Waals surface area contributed by atoms with Crippen LogP contribution in [0.15, 0.2) is 29.2 Å². The second-order valence-electron chi connectivity index (χ2n) is 4.40. The monoisotopic (exact) mass is 301 g/mol. The molecule has 0 saturated carbocycles. The molecule has 1 rings (SSSR count). The van der Waals surface area contributed by atoms with E-state index in [2.05, 4.69) is 5.32 Å². The molecule has 1 aromatic carbocycles. The van der Waals surface area contributed by atoms with E-state index in [0.717, 1.165) is 6.26 Å². The molecule has 0 aliphatic rings. The van der Waals surface area contributed by atoms with Crippen LogP contribution in [-0.4, -0.2) is 47.1 Å². The number of rotatable bonds is 6. The summed E-state index contributed by atoms with van der Waals surface area (Å²) in [4.78, 5) is 12.2. The van der Waals surface area contributed by atoms with E-state index in [1.807, 2.05) is 0 Å². The maximum absolute atomic E-state index is 12.1. The molecule has 0 radical (unpaired) electrons. The largest absolute Gasteiger partial charge is 0.354 e. The van der Waals surface area contributed by atoms with Crippen molar-refractivity contribution in [2.75, 3.05) is 20.5 Å². The summed E-state index contributed by atoms with van der Waals surface area (Å²) < 4.78 is 33.0. The summed E-state index contributed by atoms with van der Waals surface area (Å²) in [6, 6.07) is 5.49. The Kier molecular flexibility index (Phi) is 5.67. The van der Waals surface area contributed by atoms with Crippen LogP contribution in [0.25, 0.3) is 0 Å². The predicted octanol–water partition coefficient (Wildman–Crippen LogP) is 0.827. The van der Waals surface area contributed by atoms with Crippen molar-refractivity contribution in [2.24, 2.45) is 0 Å². The lowest BCUT2D eigenvalue weighted by Gasteiger charge is -2.22. The van der Waals surface area contributed by atoms with Gasteiger partial charge in [-0.3, -0.25) is 4.79 Å². The van der Waals surface area contributed by atoms with Crippen LogP contribution in [0.1, 0.15) is 17.3 Å². The first-order valence-electron chi connectivity index (χ1n) is 5.96. The molecule has 112 valence electrons. The van der Waals surface area contributed by atoms with Crippen molar-refractivity contribution in [2.45, 2.75) is 24.2 Å². The van der Waals surface area contributed by atoms with E-state index in [0.29, 0.717) is 0 Å². The van der Waals surface area contributed by atoms with Crippen LogP contribution in [0.3, 0.4) is 0 Å². The Morgan fingerprint density at radius 3 is 2.35 bits per heavy atom. The van der Waals surface area contributed by atoms with Gasteiger partial charge in [0.25, 0.3) is 5.91 Å². The van der Waals surface area contributed by atoms with Crippen molar-refractivity contribution < 1.29 is 22.7 Å². The fourth-order valence-corrected chi connectivity index (χ4v) is 2.40. The number of hydrogen-bond acceptors (Lipinski definition) is 5. The number of ether oxygens (including phenoxy) is 2. The standard InChI is InChI=1S/C13H19NO5S/c1-9(13(18-2)19-3)14-12(15)10-6-5-7-11(8-10)20(4,16)17/h5-9,13H,1-4H3,(H,14,15). The molecule has 0 heterocycles. The van der Waals surface area contributed by atoms with E-state index in [1.165, 1.54) is 32.4 Å². The fraction of sp³-hybridized carbons (Fsp3) is 0.462. The van der Waals surface area contributed by atoms with Gasteiger partial charge < -0.3 is 14.8 Å². The molecular weight excluding hydrogens is 282 g/mol. The van der Waals surface area contributed by atoms with Gasteiger partial charge in [0.05, 0.1) is 10.9 Å². The minimum absolute atomic E-state index is 0.104. The zero-order chi connectivity index (χ0) is 15.3. The van der Waals surface area contributed by atoms with E-state index in [1.54, 1.807) is 13.0 Å². The highest BCUT2D eigenvalue weighted by Crippen LogP contribution is 2.12. The van der Waals surface area contributed by atoms with Gasteiger partial charge in [-0.15, -0.1) is 0 Å². The highest BCUT2D eigenvalue weighted by atomic mass is 32.2. The molecule has 0 bridgehead atoms. The van der Waals surface area contributed by atoms with Crippen molar-refractivity contribution in [3.63, 3.8) is 0 Å². The van der Waals surface area contributed by atoms with Crippen molar-refractivity contribution in [1.29, 1.82) is 0 Å². The number of carbonyl (C=O) groups is 1. The fourth-order valence-electron chi connectivity index (χ4n) is 1.73. The number of sulfone groups is 1. The van der Waals surface area contributed by atoms with Crippen LogP contribution >= 0.6 is 0 Å². The van der Waals surface area contributed by atoms with Crippen LogP contribution in [0.5, 0.6) is 0 Å². The summed E-state index contributed by atoms with van der Waals surface area (Å²) in [5, 5.41) is 2.69. The quantitative estimate of drug-likeness (QED) is 0.787. The second-order valence-corrected chi connectivity index (χ2v) is 6.42. The number of hydrogen-bond donors (Lipinski definition) is 1. The molecule has 0 aliphatic heterocycles. The van der Waals surface area contributed by atoms with Gasteiger partial charge in [-0.1, -0.05) is 6.07 Å². The molecule has 1 atom stereocenters. The van der Waals surface area contributed by atoms with Gasteiger partial charge in [0.15, 0.2) is 16.1 Å². The van der Waals surface area contributed by atoms with Crippen LogP contribution < -0.4 is 5.32 Å². The summed E-state index contributed by atoms with van der Waals surface area (Å²) in [7, 11) is -0.396. The highest BCUT2D eigenvalue weighted by Gasteiger charge is 2.19. The summed E-state index contributed by atoms with van der Waals surface area (Å²) in [6.07, 6.45) is 0.524. The van der Waals surface area contributed by atoms with Crippen LogP contribution in [0.4, 0.5) is 0 Å². The van der Waals surface area contributed by atoms with Gasteiger partial charge in [-0.05, 0) is 25.1 Å². The Morgan fingerprint density at radius 1 is 1.25 bits per heavy atom. The summed E-state index contributed by atoms with van der Waals surface area (Å²) in [5.74, 6) is -0.387. The Balaban J connectivity index is 2.88. The first-order chi connectivity index (χ1) is 9.29. The van der Waals surface area contributed by atoms with Gasteiger partial charge >= 0.3 is 0 Å². The minimum atomic E-state index is -3.34. The second kappa shape index (κ2) is 6.83. The van der Waals surface area contributed by atoms with Crippen molar-refractivity contribution in [3.8, 4) is 0 Å². The predicted molar refractivity (Wildman–Crippen MR) is 74.3 cm³/mol. The molecule has 0 aromatic heterocycles. The molecule has 0 aliphatic carbocycles. The van der Waals surface area contributed by atoms with Crippen LogP contribution in [-0.2, 0) is 19.3 Å². The number of benzene rings is 1. The zero-order valence-corrected chi connectivity index (χ0v) is 12.7. The van der Waals surface area contributed by atoms with E-state index < -0.39 is 16.1 Å². The smallest absolute Gasteiger partial charge is 0.251 e. The lowest BCUT2D eigenvalue weighted by atomic mass is 10.2. The van der Waals surface area contributed by atoms with Gasteiger partial charge in [0, 0.05) is 26.0 Å². The number of amides is 1. The highest BCUT2D eigenvalue weighted by molar-refractivity contribution is 7.90. The molecule has 1 unspecified atom stereocenters. The molecule has 1 amide bonds.